The maximum Gasteiger partial charge on any atom is 0.347 e. The van der Waals surface area contributed by atoms with Gasteiger partial charge in [-0.3, -0.25) is 0 Å². The molecule has 0 spiro atoms. The van der Waals surface area contributed by atoms with Crippen LogP contribution in [0.5, 0.6) is 0 Å². The number of hydrogen-bond acceptors (Lipinski definition) is 4. The minimum Gasteiger partial charge on any atom is -0.477 e. The highest BCUT2D eigenvalue weighted by atomic mass is 32.1. The third-order valence-electron chi connectivity index (χ3n) is 2.75. The van der Waals surface area contributed by atoms with Crippen LogP contribution in [0.25, 0.3) is 0 Å². The summed E-state index contributed by atoms with van der Waals surface area (Å²) in [5, 5.41) is 9.97. The third-order valence-corrected chi connectivity index (χ3v) is 4.00. The zero-order chi connectivity index (χ0) is 11.5. The molecule has 4 nitrogen and oxygen atoms in total. The summed E-state index contributed by atoms with van der Waals surface area (Å²) in [7, 11) is 0. The van der Waals surface area contributed by atoms with E-state index in [9.17, 15) is 4.79 Å². The summed E-state index contributed by atoms with van der Waals surface area (Å²) in [6, 6.07) is 0. The smallest absolute Gasteiger partial charge is 0.347 e. The van der Waals surface area contributed by atoms with Crippen LogP contribution in [0.3, 0.4) is 0 Å². The Morgan fingerprint density at radius 2 is 2.50 bits per heavy atom. The Kier molecular flexibility index (Phi) is 3.56. The van der Waals surface area contributed by atoms with Gasteiger partial charge in [-0.25, -0.2) is 9.78 Å². The van der Waals surface area contributed by atoms with Crippen molar-refractivity contribution in [3.8, 4) is 0 Å². The van der Waals surface area contributed by atoms with Gasteiger partial charge in [0.2, 0.25) is 0 Å². The van der Waals surface area contributed by atoms with Gasteiger partial charge in [0.15, 0.2) is 0 Å². The summed E-state index contributed by atoms with van der Waals surface area (Å²) in [6.45, 7) is 3.42. The first-order valence-electron chi connectivity index (χ1n) is 5.53. The SMILES string of the molecule is CCc1nc(C2CCCOC2)sc1C(=O)O. The average molecular weight is 241 g/mol. The quantitative estimate of drug-likeness (QED) is 0.882. The average Bonchev–Trinajstić information content (AvgIpc) is 2.74. The Hall–Kier alpha value is -0.940. The summed E-state index contributed by atoms with van der Waals surface area (Å²) in [5.74, 6) is -0.575. The van der Waals surface area contributed by atoms with Gasteiger partial charge in [0.1, 0.15) is 4.88 Å². The van der Waals surface area contributed by atoms with Gasteiger partial charge in [-0.05, 0) is 19.3 Å². The molecule has 1 aliphatic heterocycles. The molecule has 1 saturated heterocycles. The van der Waals surface area contributed by atoms with Crippen LogP contribution in [-0.2, 0) is 11.2 Å². The number of aromatic nitrogens is 1. The molecule has 88 valence electrons. The van der Waals surface area contributed by atoms with Crippen molar-refractivity contribution >= 4 is 17.3 Å². The Balaban J connectivity index is 2.24. The first kappa shape index (κ1) is 11.5. The standard InChI is InChI=1S/C11H15NO3S/c1-2-8-9(11(13)14)16-10(12-8)7-4-3-5-15-6-7/h7H,2-6H2,1H3,(H,13,14). The van der Waals surface area contributed by atoms with Crippen molar-refractivity contribution in [2.45, 2.75) is 32.1 Å². The van der Waals surface area contributed by atoms with E-state index in [2.05, 4.69) is 4.98 Å². The fraction of sp³-hybridized carbons (Fsp3) is 0.636. The zero-order valence-electron chi connectivity index (χ0n) is 9.23. The Labute approximate surface area is 98.3 Å². The highest BCUT2D eigenvalue weighted by Crippen LogP contribution is 2.31. The molecule has 0 aromatic carbocycles. The number of aryl methyl sites for hydroxylation is 1. The number of carboxylic acids is 1. The van der Waals surface area contributed by atoms with Crippen LogP contribution in [-0.4, -0.2) is 29.3 Å². The zero-order valence-corrected chi connectivity index (χ0v) is 10.0. The summed E-state index contributed by atoms with van der Waals surface area (Å²) in [5.41, 5.74) is 0.707. The van der Waals surface area contributed by atoms with Crippen molar-refractivity contribution < 1.29 is 14.6 Å². The van der Waals surface area contributed by atoms with Gasteiger partial charge < -0.3 is 9.84 Å². The molecule has 1 atom stereocenters. The van der Waals surface area contributed by atoms with Crippen LogP contribution < -0.4 is 0 Å². The second-order valence-electron chi connectivity index (χ2n) is 3.90. The lowest BCUT2D eigenvalue weighted by atomic mass is 10.0. The maximum atomic E-state index is 11.0. The molecule has 5 heteroatoms. The van der Waals surface area contributed by atoms with Crippen molar-refractivity contribution in [2.75, 3.05) is 13.2 Å². The van der Waals surface area contributed by atoms with E-state index in [4.69, 9.17) is 9.84 Å². The van der Waals surface area contributed by atoms with Crippen LogP contribution >= 0.6 is 11.3 Å². The van der Waals surface area contributed by atoms with Crippen molar-refractivity contribution in [3.05, 3.63) is 15.6 Å². The summed E-state index contributed by atoms with van der Waals surface area (Å²) < 4.78 is 5.40. The summed E-state index contributed by atoms with van der Waals surface area (Å²) in [6.07, 6.45) is 2.76. The molecule has 2 heterocycles. The molecule has 16 heavy (non-hydrogen) atoms. The van der Waals surface area contributed by atoms with Crippen LogP contribution in [0.15, 0.2) is 0 Å². The molecule has 1 aromatic heterocycles. The molecular formula is C11H15NO3S. The first-order valence-corrected chi connectivity index (χ1v) is 6.34. The lowest BCUT2D eigenvalue weighted by Gasteiger charge is -2.19. The van der Waals surface area contributed by atoms with Crippen molar-refractivity contribution in [1.82, 2.24) is 4.98 Å². The van der Waals surface area contributed by atoms with E-state index in [0.717, 1.165) is 24.5 Å². The number of carbonyl (C=O) groups is 1. The van der Waals surface area contributed by atoms with Crippen molar-refractivity contribution in [2.24, 2.45) is 0 Å². The minimum atomic E-state index is -0.864. The van der Waals surface area contributed by atoms with Gasteiger partial charge in [0.25, 0.3) is 0 Å². The number of ether oxygens (including phenoxy) is 1. The number of thiazole rings is 1. The fourth-order valence-electron chi connectivity index (χ4n) is 1.89. The lowest BCUT2D eigenvalue weighted by molar-refractivity contribution is 0.0700. The van der Waals surface area contributed by atoms with Gasteiger partial charge in [-0.1, -0.05) is 6.92 Å². The van der Waals surface area contributed by atoms with Gasteiger partial charge in [-0.15, -0.1) is 11.3 Å². The van der Waals surface area contributed by atoms with Gasteiger partial charge in [-0.2, -0.15) is 0 Å². The number of carboxylic acid groups (broad SMARTS) is 1. The number of rotatable bonds is 3. The van der Waals surface area contributed by atoms with E-state index in [1.165, 1.54) is 11.3 Å². The van der Waals surface area contributed by atoms with Crippen LogP contribution in [0.1, 0.15) is 46.1 Å². The molecular weight excluding hydrogens is 226 g/mol. The monoisotopic (exact) mass is 241 g/mol. The van der Waals surface area contributed by atoms with Gasteiger partial charge in [0.05, 0.1) is 17.3 Å². The molecule has 1 aromatic rings. The molecule has 0 bridgehead atoms. The highest BCUT2D eigenvalue weighted by molar-refractivity contribution is 7.13. The summed E-state index contributed by atoms with van der Waals surface area (Å²) in [4.78, 5) is 15.8. The van der Waals surface area contributed by atoms with Crippen molar-refractivity contribution in [3.63, 3.8) is 0 Å². The molecule has 0 saturated carbocycles. The second-order valence-corrected chi connectivity index (χ2v) is 4.93. The largest absolute Gasteiger partial charge is 0.477 e. The maximum absolute atomic E-state index is 11.0. The van der Waals surface area contributed by atoms with Crippen LogP contribution in [0, 0.1) is 0 Å². The van der Waals surface area contributed by atoms with E-state index < -0.39 is 5.97 Å². The number of nitrogens with zero attached hydrogens (tertiary/aromatic N) is 1. The first-order chi connectivity index (χ1) is 7.72. The van der Waals surface area contributed by atoms with Crippen LogP contribution in [0.4, 0.5) is 0 Å². The molecule has 0 amide bonds. The predicted octanol–water partition coefficient (Wildman–Crippen LogP) is 2.30. The number of aromatic carboxylic acids is 1. The Bertz CT molecular complexity index is 383. The van der Waals surface area contributed by atoms with Gasteiger partial charge in [0, 0.05) is 12.5 Å². The second kappa shape index (κ2) is 4.93. The van der Waals surface area contributed by atoms with E-state index in [1.807, 2.05) is 6.92 Å². The molecule has 1 aliphatic rings. The molecule has 2 rings (SSSR count). The lowest BCUT2D eigenvalue weighted by Crippen LogP contribution is -2.15. The topological polar surface area (TPSA) is 59.4 Å². The van der Waals surface area contributed by atoms with Crippen molar-refractivity contribution in [1.29, 1.82) is 0 Å². The third kappa shape index (κ3) is 2.25. The molecule has 1 unspecified atom stereocenters. The predicted molar refractivity (Wildman–Crippen MR) is 61.2 cm³/mol. The molecule has 0 radical (unpaired) electrons. The molecule has 0 aliphatic carbocycles. The normalized spacial score (nSPS) is 20.9. The Morgan fingerprint density at radius 1 is 1.69 bits per heavy atom. The molecule has 1 N–H and O–H groups in total. The van der Waals surface area contributed by atoms with Gasteiger partial charge >= 0.3 is 5.97 Å². The minimum absolute atomic E-state index is 0.289. The van der Waals surface area contributed by atoms with E-state index >= 15 is 0 Å². The van der Waals surface area contributed by atoms with E-state index in [1.54, 1.807) is 0 Å². The van der Waals surface area contributed by atoms with E-state index in [-0.39, 0.29) is 5.92 Å². The highest BCUT2D eigenvalue weighted by Gasteiger charge is 2.23. The Morgan fingerprint density at radius 3 is 3.00 bits per heavy atom. The van der Waals surface area contributed by atoms with E-state index in [0.29, 0.717) is 23.6 Å². The fourth-order valence-corrected chi connectivity index (χ4v) is 3.00. The number of hydrogen-bond donors (Lipinski definition) is 1. The molecule has 1 fully saturated rings. The summed E-state index contributed by atoms with van der Waals surface area (Å²) >= 11 is 1.31. The van der Waals surface area contributed by atoms with Crippen LogP contribution in [0.2, 0.25) is 0 Å².